The van der Waals surface area contributed by atoms with Crippen molar-refractivity contribution in [1.29, 1.82) is 0 Å². The minimum atomic E-state index is -1.34. The van der Waals surface area contributed by atoms with Gasteiger partial charge in [0.15, 0.2) is 5.79 Å². The van der Waals surface area contributed by atoms with Gasteiger partial charge >= 0.3 is 11.9 Å². The van der Waals surface area contributed by atoms with Crippen molar-refractivity contribution in [2.24, 2.45) is 23.5 Å². The number of methoxy groups -OCH3 is 2. The number of carbonyl (C=O) groups excluding carboxylic acids is 2. The zero-order valence-corrected chi connectivity index (χ0v) is 13.4. The molecule has 128 valence electrons. The molecule has 4 rings (SSSR count). The highest BCUT2D eigenvalue weighted by Gasteiger charge is 2.82. The van der Waals surface area contributed by atoms with Gasteiger partial charge in [-0.1, -0.05) is 6.42 Å². The molecule has 23 heavy (non-hydrogen) atoms. The van der Waals surface area contributed by atoms with Crippen LogP contribution in [0.1, 0.15) is 32.1 Å². The highest BCUT2D eigenvalue weighted by Crippen LogP contribution is 2.67. The molecule has 0 aromatic carbocycles. The van der Waals surface area contributed by atoms with E-state index in [1.165, 1.54) is 14.2 Å². The second-order valence-electron chi connectivity index (χ2n) is 7.17. The number of carbonyl (C=O) groups is 2. The van der Waals surface area contributed by atoms with Gasteiger partial charge in [-0.25, -0.2) is 4.79 Å². The van der Waals surface area contributed by atoms with E-state index in [4.69, 9.17) is 24.7 Å². The predicted octanol–water partition coefficient (Wildman–Crippen LogP) is 0.350. The predicted molar refractivity (Wildman–Crippen MR) is 77.0 cm³/mol. The number of nitrogens with two attached hydrogens (primary N) is 1. The Morgan fingerprint density at radius 1 is 1.09 bits per heavy atom. The third kappa shape index (κ3) is 1.87. The van der Waals surface area contributed by atoms with Crippen molar-refractivity contribution in [2.45, 2.75) is 55.6 Å². The van der Waals surface area contributed by atoms with Crippen LogP contribution in [0.2, 0.25) is 0 Å². The quantitative estimate of drug-likeness (QED) is 0.732. The Balaban J connectivity index is 1.66. The van der Waals surface area contributed by atoms with Crippen molar-refractivity contribution in [3.63, 3.8) is 0 Å². The molecule has 4 fully saturated rings. The molecule has 3 aliphatic carbocycles. The van der Waals surface area contributed by atoms with Crippen LogP contribution in [-0.2, 0) is 28.5 Å². The Morgan fingerprint density at radius 2 is 1.78 bits per heavy atom. The maximum Gasteiger partial charge on any atom is 0.329 e. The molecule has 0 bridgehead atoms. The van der Waals surface area contributed by atoms with Crippen molar-refractivity contribution in [1.82, 2.24) is 0 Å². The molecule has 1 spiro atoms. The summed E-state index contributed by atoms with van der Waals surface area (Å²) in [5, 5.41) is 0. The normalized spacial score (nSPS) is 46.1. The fourth-order valence-electron chi connectivity index (χ4n) is 5.03. The van der Waals surface area contributed by atoms with E-state index < -0.39 is 29.3 Å². The highest BCUT2D eigenvalue weighted by atomic mass is 16.8. The lowest BCUT2D eigenvalue weighted by Gasteiger charge is -2.35. The third-order valence-corrected chi connectivity index (χ3v) is 6.10. The molecule has 7 heteroatoms. The summed E-state index contributed by atoms with van der Waals surface area (Å²) in [6.07, 6.45) is 3.93. The first-order valence-corrected chi connectivity index (χ1v) is 8.29. The fraction of sp³-hybridized carbons (Fsp3) is 0.875. The smallest absolute Gasteiger partial charge is 0.329 e. The molecule has 0 radical (unpaired) electrons. The average Bonchev–Trinajstić information content (AvgIpc) is 3.15. The number of fused-ring (bicyclic) bond motifs is 3. The zero-order chi connectivity index (χ0) is 16.4. The van der Waals surface area contributed by atoms with E-state index in [1.807, 2.05) is 0 Å². The first-order valence-electron chi connectivity index (χ1n) is 8.29. The van der Waals surface area contributed by atoms with Gasteiger partial charge in [-0.15, -0.1) is 0 Å². The largest absolute Gasteiger partial charge is 0.469 e. The van der Waals surface area contributed by atoms with E-state index in [-0.39, 0.29) is 23.9 Å². The van der Waals surface area contributed by atoms with Gasteiger partial charge in [0.1, 0.15) is 11.6 Å². The molecule has 1 heterocycles. The zero-order valence-electron chi connectivity index (χ0n) is 13.4. The monoisotopic (exact) mass is 325 g/mol. The lowest BCUT2D eigenvalue weighted by atomic mass is 9.87. The maximum atomic E-state index is 12.4. The molecule has 6 atom stereocenters. The summed E-state index contributed by atoms with van der Waals surface area (Å²) < 4.78 is 22.3. The summed E-state index contributed by atoms with van der Waals surface area (Å²) in [6.45, 7) is 0. The molecule has 2 N–H and O–H groups in total. The SMILES string of the molecule is COC(=O)[C@H]1[C@@H]2[C@H]3OC4(CCCCC4)O[C@H]3[C@@](N)(C(=O)OC)[C@H]12. The van der Waals surface area contributed by atoms with Gasteiger partial charge in [0.05, 0.1) is 26.2 Å². The van der Waals surface area contributed by atoms with Crippen LogP contribution in [0.4, 0.5) is 0 Å². The Labute approximate surface area is 134 Å². The molecular formula is C16H23NO6. The molecule has 0 aromatic heterocycles. The van der Waals surface area contributed by atoms with E-state index >= 15 is 0 Å². The van der Waals surface area contributed by atoms with Crippen LogP contribution in [0, 0.1) is 17.8 Å². The summed E-state index contributed by atoms with van der Waals surface area (Å²) >= 11 is 0. The fourth-order valence-corrected chi connectivity index (χ4v) is 5.03. The molecule has 0 aromatic rings. The van der Waals surface area contributed by atoms with Gasteiger partial charge in [0.25, 0.3) is 0 Å². The number of esters is 2. The topological polar surface area (TPSA) is 97.1 Å². The summed E-state index contributed by atoms with van der Waals surface area (Å²) in [7, 11) is 2.65. The van der Waals surface area contributed by atoms with Gasteiger partial charge in [-0.2, -0.15) is 0 Å². The first-order chi connectivity index (χ1) is 11.0. The number of ether oxygens (including phenoxy) is 4. The summed E-state index contributed by atoms with van der Waals surface area (Å²) in [5.41, 5.74) is 5.13. The Bertz CT molecular complexity index is 545. The van der Waals surface area contributed by atoms with Crippen molar-refractivity contribution in [2.75, 3.05) is 14.2 Å². The van der Waals surface area contributed by atoms with Gasteiger partial charge < -0.3 is 24.7 Å². The molecule has 3 saturated carbocycles. The van der Waals surface area contributed by atoms with Gasteiger partial charge in [0, 0.05) is 24.7 Å². The van der Waals surface area contributed by atoms with Gasteiger partial charge in [0.2, 0.25) is 0 Å². The van der Waals surface area contributed by atoms with Crippen LogP contribution in [0.15, 0.2) is 0 Å². The number of rotatable bonds is 2. The molecule has 0 amide bonds. The van der Waals surface area contributed by atoms with E-state index in [0.717, 1.165) is 32.1 Å². The summed E-state index contributed by atoms with van der Waals surface area (Å²) in [5.74, 6) is -2.40. The minimum absolute atomic E-state index is 0.127. The average molecular weight is 325 g/mol. The van der Waals surface area contributed by atoms with Crippen LogP contribution in [0.25, 0.3) is 0 Å². The second-order valence-corrected chi connectivity index (χ2v) is 7.17. The van der Waals surface area contributed by atoms with Gasteiger partial charge in [-0.05, 0) is 12.8 Å². The standard InChI is InChI=1S/C16H23NO6/c1-20-13(18)9-8-10(9)16(17,14(19)21-2)12-11(8)22-15(23-12)6-4-3-5-7-15/h8-12H,3-7,17H2,1-2H3/t8-,9-,10-,11+,12+,16+/m0/s1. The number of hydrogen-bond donors (Lipinski definition) is 1. The van der Waals surface area contributed by atoms with Crippen LogP contribution in [-0.4, -0.2) is 49.7 Å². The first kappa shape index (κ1) is 15.4. The minimum Gasteiger partial charge on any atom is -0.469 e. The molecule has 0 unspecified atom stereocenters. The van der Waals surface area contributed by atoms with E-state index in [9.17, 15) is 9.59 Å². The van der Waals surface area contributed by atoms with Crippen LogP contribution in [0.5, 0.6) is 0 Å². The van der Waals surface area contributed by atoms with Crippen LogP contribution >= 0.6 is 0 Å². The molecule has 1 saturated heterocycles. The van der Waals surface area contributed by atoms with Crippen molar-refractivity contribution >= 4 is 11.9 Å². The maximum absolute atomic E-state index is 12.4. The summed E-state index contributed by atoms with van der Waals surface area (Å²) in [4.78, 5) is 24.4. The van der Waals surface area contributed by atoms with Crippen molar-refractivity contribution in [3.8, 4) is 0 Å². The third-order valence-electron chi connectivity index (χ3n) is 6.10. The molecule has 4 aliphatic rings. The Morgan fingerprint density at radius 3 is 2.39 bits per heavy atom. The van der Waals surface area contributed by atoms with Gasteiger partial charge in [-0.3, -0.25) is 4.79 Å². The highest BCUT2D eigenvalue weighted by molar-refractivity contribution is 5.88. The summed E-state index contributed by atoms with van der Waals surface area (Å²) in [6, 6.07) is 0. The van der Waals surface area contributed by atoms with Crippen molar-refractivity contribution < 1.29 is 28.5 Å². The van der Waals surface area contributed by atoms with E-state index in [2.05, 4.69) is 0 Å². The molecule has 7 nitrogen and oxygen atoms in total. The van der Waals surface area contributed by atoms with E-state index in [1.54, 1.807) is 0 Å². The number of hydrogen-bond acceptors (Lipinski definition) is 7. The molecular weight excluding hydrogens is 302 g/mol. The Hall–Kier alpha value is -1.18. The second kappa shape index (κ2) is 4.91. The van der Waals surface area contributed by atoms with Crippen LogP contribution in [0.3, 0.4) is 0 Å². The van der Waals surface area contributed by atoms with Crippen molar-refractivity contribution in [3.05, 3.63) is 0 Å². The Kier molecular flexibility index (Phi) is 3.28. The van der Waals surface area contributed by atoms with Crippen LogP contribution < -0.4 is 5.73 Å². The lowest BCUT2D eigenvalue weighted by Crippen LogP contribution is -2.61. The van der Waals surface area contributed by atoms with E-state index in [0.29, 0.717) is 0 Å². The lowest BCUT2D eigenvalue weighted by molar-refractivity contribution is -0.206. The molecule has 1 aliphatic heterocycles.